The lowest BCUT2D eigenvalue weighted by Gasteiger charge is -2.09. The fourth-order valence-corrected chi connectivity index (χ4v) is 3.35. The van der Waals surface area contributed by atoms with Gasteiger partial charge < -0.3 is 16.5 Å². The van der Waals surface area contributed by atoms with Gasteiger partial charge in [0.25, 0.3) is 11.1 Å². The molecule has 0 radical (unpaired) electrons. The van der Waals surface area contributed by atoms with E-state index in [4.69, 9.17) is 11.5 Å². The SMILES string of the molecule is Nc1n[nH]c(N)c1/N=N/c1c(-c2n[nH]c(=O)[nH]c2=O)cccc1-c1nc2ccccc2[nH]c1=O. The van der Waals surface area contributed by atoms with Crippen molar-refractivity contribution in [3.05, 3.63) is 73.7 Å². The molecule has 0 aliphatic rings. The molecule has 2 aromatic carbocycles. The molecule has 0 spiro atoms. The van der Waals surface area contributed by atoms with E-state index in [0.29, 0.717) is 11.0 Å². The number of hydrogen-bond donors (Lipinski definition) is 6. The molecule has 14 heteroatoms. The normalized spacial score (nSPS) is 11.4. The molecule has 0 saturated carbocycles. The summed E-state index contributed by atoms with van der Waals surface area (Å²) in [6.45, 7) is 0. The number of nitrogens with zero attached hydrogens (tertiary/aromatic N) is 5. The Kier molecular flexibility index (Phi) is 4.79. The van der Waals surface area contributed by atoms with Crippen molar-refractivity contribution in [1.82, 2.24) is 35.3 Å². The van der Waals surface area contributed by atoms with E-state index in [9.17, 15) is 14.4 Å². The van der Waals surface area contributed by atoms with Crippen LogP contribution >= 0.6 is 0 Å². The molecule has 34 heavy (non-hydrogen) atoms. The van der Waals surface area contributed by atoms with Crippen LogP contribution in [0.5, 0.6) is 0 Å². The average molecular weight is 457 g/mol. The molecule has 0 bridgehead atoms. The molecule has 14 nitrogen and oxygen atoms in total. The van der Waals surface area contributed by atoms with Crippen LogP contribution in [-0.4, -0.2) is 35.3 Å². The van der Waals surface area contributed by atoms with Gasteiger partial charge in [-0.15, -0.1) is 10.2 Å². The minimum absolute atomic E-state index is 0.00183. The van der Waals surface area contributed by atoms with Crippen LogP contribution in [0.2, 0.25) is 0 Å². The zero-order chi connectivity index (χ0) is 23.8. The maximum Gasteiger partial charge on any atom is 0.342 e. The summed E-state index contributed by atoms with van der Waals surface area (Å²) >= 11 is 0. The van der Waals surface area contributed by atoms with Crippen molar-refractivity contribution in [2.75, 3.05) is 11.5 Å². The van der Waals surface area contributed by atoms with Gasteiger partial charge in [0, 0.05) is 11.1 Å². The van der Waals surface area contributed by atoms with Crippen LogP contribution in [0.4, 0.5) is 23.0 Å². The van der Waals surface area contributed by atoms with E-state index in [1.807, 2.05) is 0 Å². The molecule has 5 rings (SSSR count). The van der Waals surface area contributed by atoms with E-state index in [1.54, 1.807) is 36.4 Å². The third-order valence-electron chi connectivity index (χ3n) is 4.90. The molecule has 0 amide bonds. The van der Waals surface area contributed by atoms with Crippen LogP contribution < -0.4 is 28.3 Å². The Hall–Kier alpha value is -5.40. The van der Waals surface area contributed by atoms with Crippen molar-refractivity contribution in [3.63, 3.8) is 0 Å². The van der Waals surface area contributed by atoms with Crippen LogP contribution in [0.3, 0.4) is 0 Å². The monoisotopic (exact) mass is 457 g/mol. The Morgan fingerprint density at radius 1 is 0.735 bits per heavy atom. The van der Waals surface area contributed by atoms with E-state index in [2.05, 4.69) is 45.6 Å². The summed E-state index contributed by atoms with van der Waals surface area (Å²) in [4.78, 5) is 46.2. The minimum Gasteiger partial charge on any atom is -0.382 e. The highest BCUT2D eigenvalue weighted by atomic mass is 16.2. The number of para-hydroxylation sites is 2. The summed E-state index contributed by atoms with van der Waals surface area (Å²) in [6, 6.07) is 11.7. The quantitative estimate of drug-likeness (QED) is 0.215. The molecule has 3 heterocycles. The number of hydrogen-bond acceptors (Lipinski definition) is 10. The van der Waals surface area contributed by atoms with Crippen molar-refractivity contribution in [3.8, 4) is 22.5 Å². The number of aromatic amines is 4. The summed E-state index contributed by atoms with van der Waals surface area (Å²) in [5.41, 5.74) is 11.1. The first-order valence-electron chi connectivity index (χ1n) is 9.75. The molecule has 3 aromatic heterocycles. The van der Waals surface area contributed by atoms with Gasteiger partial charge in [-0.1, -0.05) is 30.3 Å². The van der Waals surface area contributed by atoms with Gasteiger partial charge in [-0.2, -0.15) is 10.2 Å². The number of fused-ring (bicyclic) bond motifs is 1. The summed E-state index contributed by atoms with van der Waals surface area (Å²) in [5.74, 6) is 0.0731. The molecule has 0 atom stereocenters. The molecular weight excluding hydrogens is 442 g/mol. The Morgan fingerprint density at radius 2 is 1.44 bits per heavy atom. The zero-order valence-corrected chi connectivity index (χ0v) is 17.2. The van der Waals surface area contributed by atoms with Crippen molar-refractivity contribution in [2.24, 2.45) is 10.2 Å². The first kappa shape index (κ1) is 20.5. The highest BCUT2D eigenvalue weighted by molar-refractivity contribution is 5.87. The van der Waals surface area contributed by atoms with Crippen LogP contribution in [0.1, 0.15) is 0 Å². The average Bonchev–Trinajstić information content (AvgIpc) is 3.14. The van der Waals surface area contributed by atoms with E-state index < -0.39 is 16.8 Å². The van der Waals surface area contributed by atoms with Crippen LogP contribution in [0.25, 0.3) is 33.5 Å². The van der Waals surface area contributed by atoms with Gasteiger partial charge in [0.05, 0.1) is 11.0 Å². The van der Waals surface area contributed by atoms with E-state index >= 15 is 0 Å². The molecule has 0 fully saturated rings. The van der Waals surface area contributed by atoms with Gasteiger partial charge in [0.1, 0.15) is 17.2 Å². The first-order valence-corrected chi connectivity index (χ1v) is 9.75. The van der Waals surface area contributed by atoms with E-state index in [0.717, 1.165) is 0 Å². The fraction of sp³-hybridized carbons (Fsp3) is 0. The van der Waals surface area contributed by atoms with Gasteiger partial charge in [-0.3, -0.25) is 19.7 Å². The van der Waals surface area contributed by atoms with Crippen LogP contribution in [-0.2, 0) is 0 Å². The second kappa shape index (κ2) is 7.94. The standard InChI is InChI=1S/C20H15N11O3/c21-16-15(17(22)30-29-16)28-26-12-8(13-18(32)24-11-7-2-1-6-10(11)23-13)4-3-5-9(12)14-19(33)25-20(34)31-27-14/h1-7H,(H,24,32)(H5,21,22,29,30)(H2,25,31,33,34)/b28-26+. The molecule has 0 aliphatic heterocycles. The Morgan fingerprint density at radius 3 is 2.18 bits per heavy atom. The topological polar surface area (TPSA) is 230 Å². The molecule has 0 unspecified atom stereocenters. The number of aromatic nitrogens is 7. The Labute approximate surface area is 187 Å². The van der Waals surface area contributed by atoms with Gasteiger partial charge >= 0.3 is 5.69 Å². The maximum atomic E-state index is 12.9. The number of nitrogens with one attached hydrogen (secondary N) is 4. The van der Waals surface area contributed by atoms with Gasteiger partial charge in [-0.25, -0.2) is 14.9 Å². The predicted molar refractivity (Wildman–Crippen MR) is 124 cm³/mol. The number of anilines is 2. The van der Waals surface area contributed by atoms with Gasteiger partial charge in [0.15, 0.2) is 17.2 Å². The predicted octanol–water partition coefficient (Wildman–Crippen LogP) is 1.33. The summed E-state index contributed by atoms with van der Waals surface area (Å²) in [5, 5.41) is 20.6. The first-order chi connectivity index (χ1) is 16.4. The molecule has 0 saturated heterocycles. The van der Waals surface area contributed by atoms with Crippen molar-refractivity contribution >= 4 is 34.0 Å². The number of nitrogen functional groups attached to an aromatic ring is 2. The van der Waals surface area contributed by atoms with Crippen molar-refractivity contribution in [2.45, 2.75) is 0 Å². The molecule has 168 valence electrons. The molecule has 0 aliphatic carbocycles. The largest absolute Gasteiger partial charge is 0.382 e. The third kappa shape index (κ3) is 3.50. The molecular formula is C20H15N11O3. The maximum absolute atomic E-state index is 12.9. The highest BCUT2D eigenvalue weighted by Gasteiger charge is 2.20. The lowest BCUT2D eigenvalue weighted by Crippen LogP contribution is -2.25. The number of H-pyrrole nitrogens is 4. The smallest absolute Gasteiger partial charge is 0.342 e. The number of benzene rings is 2. The lowest BCUT2D eigenvalue weighted by molar-refractivity contribution is 0.897. The Balaban J connectivity index is 1.81. The fourth-order valence-electron chi connectivity index (χ4n) is 3.35. The van der Waals surface area contributed by atoms with Crippen molar-refractivity contribution in [1.29, 1.82) is 0 Å². The van der Waals surface area contributed by atoms with Crippen LogP contribution in [0.15, 0.2) is 67.1 Å². The van der Waals surface area contributed by atoms with E-state index in [-0.39, 0.29) is 45.5 Å². The molecule has 8 N–H and O–H groups in total. The highest BCUT2D eigenvalue weighted by Crippen LogP contribution is 2.38. The van der Waals surface area contributed by atoms with Gasteiger partial charge in [0.2, 0.25) is 0 Å². The number of nitrogens with two attached hydrogens (primary N) is 2. The second-order valence-corrected chi connectivity index (χ2v) is 7.06. The summed E-state index contributed by atoms with van der Waals surface area (Å²) in [6.07, 6.45) is 0. The van der Waals surface area contributed by atoms with Crippen molar-refractivity contribution < 1.29 is 0 Å². The van der Waals surface area contributed by atoms with E-state index in [1.165, 1.54) is 6.07 Å². The summed E-state index contributed by atoms with van der Waals surface area (Å²) < 4.78 is 0. The summed E-state index contributed by atoms with van der Waals surface area (Å²) in [7, 11) is 0. The number of azo groups is 1. The second-order valence-electron chi connectivity index (χ2n) is 7.06. The Bertz CT molecular complexity index is 1740. The third-order valence-corrected chi connectivity index (χ3v) is 4.90. The molecule has 5 aromatic rings. The zero-order valence-electron chi connectivity index (χ0n) is 17.2. The minimum atomic E-state index is -0.778. The van der Waals surface area contributed by atoms with Crippen LogP contribution in [0, 0.1) is 0 Å². The van der Waals surface area contributed by atoms with Gasteiger partial charge in [-0.05, 0) is 12.1 Å². The number of rotatable bonds is 4. The lowest BCUT2D eigenvalue weighted by atomic mass is 10.0.